The van der Waals surface area contributed by atoms with Gasteiger partial charge in [-0.15, -0.1) is 0 Å². The molecule has 0 aliphatic carbocycles. The number of carbonyl (C=O) groups is 1. The van der Waals surface area contributed by atoms with E-state index in [1.807, 2.05) is 50.2 Å². The number of hydrogen-bond acceptors (Lipinski definition) is 4. The average Bonchev–Trinajstić information content (AvgIpc) is 2.67. The Morgan fingerprint density at radius 2 is 1.81 bits per heavy atom. The van der Waals surface area contributed by atoms with Gasteiger partial charge < -0.3 is 10.6 Å². The molecule has 0 bridgehead atoms. The summed E-state index contributed by atoms with van der Waals surface area (Å²) in [5.41, 5.74) is 4.65. The van der Waals surface area contributed by atoms with Gasteiger partial charge in [0.1, 0.15) is 11.5 Å². The number of amides is 1. The fourth-order valence-electron chi connectivity index (χ4n) is 2.58. The quantitative estimate of drug-likeness (QED) is 0.662. The minimum Gasteiger partial charge on any atom is -0.350 e. The smallest absolute Gasteiger partial charge is 0.271 e. The minimum absolute atomic E-state index is 0.241. The number of carbonyl (C=O) groups excluding carboxylic acids is 1. The van der Waals surface area contributed by atoms with E-state index in [1.54, 1.807) is 6.20 Å². The molecular weight excluding hydrogens is 360 g/mol. The normalized spacial score (nSPS) is 10.5. The highest BCUT2D eigenvalue weighted by Gasteiger charge is 2.08. The van der Waals surface area contributed by atoms with Crippen molar-refractivity contribution in [3.05, 3.63) is 82.3 Å². The van der Waals surface area contributed by atoms with Crippen molar-refractivity contribution in [3.63, 3.8) is 0 Å². The first kappa shape index (κ1) is 18.9. The van der Waals surface area contributed by atoms with E-state index in [1.165, 1.54) is 6.20 Å². The fraction of sp³-hybridized carbons (Fsp3) is 0.190. The lowest BCUT2D eigenvalue weighted by Crippen LogP contribution is -2.26. The predicted octanol–water partition coefficient (Wildman–Crippen LogP) is 4.46. The van der Waals surface area contributed by atoms with E-state index in [-0.39, 0.29) is 11.6 Å². The van der Waals surface area contributed by atoms with Crippen molar-refractivity contribution in [3.8, 4) is 0 Å². The molecule has 138 valence electrons. The number of aromatic nitrogens is 2. The summed E-state index contributed by atoms with van der Waals surface area (Å²) in [6, 6.07) is 13.7. The third kappa shape index (κ3) is 5.28. The van der Waals surface area contributed by atoms with Crippen LogP contribution in [0.5, 0.6) is 0 Å². The van der Waals surface area contributed by atoms with Crippen LogP contribution in [0.25, 0.3) is 0 Å². The first-order valence-corrected chi connectivity index (χ1v) is 9.08. The molecule has 6 heteroatoms. The molecule has 0 spiro atoms. The maximum absolute atomic E-state index is 12.2. The molecule has 0 fully saturated rings. The van der Waals surface area contributed by atoms with Gasteiger partial charge in [0.15, 0.2) is 0 Å². The molecule has 0 aliphatic rings. The minimum atomic E-state index is -0.241. The van der Waals surface area contributed by atoms with Gasteiger partial charge in [-0.25, -0.2) is 9.97 Å². The molecule has 0 unspecified atom stereocenters. The Bertz CT molecular complexity index is 924. The number of hydrogen-bond donors (Lipinski definition) is 2. The van der Waals surface area contributed by atoms with Crippen molar-refractivity contribution in [1.82, 2.24) is 15.3 Å². The number of nitrogens with one attached hydrogen (secondary N) is 2. The van der Waals surface area contributed by atoms with E-state index in [0.29, 0.717) is 17.4 Å². The third-order valence-electron chi connectivity index (χ3n) is 4.15. The zero-order chi connectivity index (χ0) is 19.2. The molecule has 0 saturated carbocycles. The molecule has 2 aromatic carbocycles. The number of halogens is 1. The average molecular weight is 381 g/mol. The Morgan fingerprint density at radius 1 is 1.04 bits per heavy atom. The summed E-state index contributed by atoms with van der Waals surface area (Å²) in [6.45, 7) is 4.58. The standard InChI is InChI=1S/C21H21ClN4O/c1-14-3-4-15(2)18(11-14)26-20-13-24-19(12-25-20)21(27)23-10-9-16-5-7-17(22)8-6-16/h3-8,11-13H,9-10H2,1-2H3,(H,23,27)(H,25,26). The molecule has 0 saturated heterocycles. The van der Waals surface area contributed by atoms with Crippen molar-refractivity contribution in [2.75, 3.05) is 11.9 Å². The number of benzene rings is 2. The Balaban J connectivity index is 1.55. The third-order valence-corrected chi connectivity index (χ3v) is 4.40. The zero-order valence-corrected chi connectivity index (χ0v) is 16.0. The van der Waals surface area contributed by atoms with Crippen molar-refractivity contribution in [2.24, 2.45) is 0 Å². The van der Waals surface area contributed by atoms with Crippen molar-refractivity contribution >= 4 is 29.0 Å². The van der Waals surface area contributed by atoms with E-state index >= 15 is 0 Å². The van der Waals surface area contributed by atoms with Crippen molar-refractivity contribution < 1.29 is 4.79 Å². The largest absolute Gasteiger partial charge is 0.350 e. The molecule has 27 heavy (non-hydrogen) atoms. The summed E-state index contributed by atoms with van der Waals surface area (Å²) < 4.78 is 0. The molecule has 3 aromatic rings. The first-order valence-electron chi connectivity index (χ1n) is 8.70. The first-order chi connectivity index (χ1) is 13.0. The lowest BCUT2D eigenvalue weighted by molar-refractivity contribution is 0.0949. The van der Waals surface area contributed by atoms with Crippen LogP contribution in [-0.2, 0) is 6.42 Å². The zero-order valence-electron chi connectivity index (χ0n) is 15.3. The molecule has 0 radical (unpaired) electrons. The number of anilines is 2. The monoisotopic (exact) mass is 380 g/mol. The summed E-state index contributed by atoms with van der Waals surface area (Å²) in [7, 11) is 0. The van der Waals surface area contributed by atoms with Crippen LogP contribution >= 0.6 is 11.6 Å². The molecule has 1 heterocycles. The van der Waals surface area contributed by atoms with Crippen LogP contribution in [0.4, 0.5) is 11.5 Å². The summed E-state index contributed by atoms with van der Waals surface area (Å²) in [4.78, 5) is 20.7. The van der Waals surface area contributed by atoms with Gasteiger partial charge >= 0.3 is 0 Å². The fourth-order valence-corrected chi connectivity index (χ4v) is 2.71. The second-order valence-corrected chi connectivity index (χ2v) is 6.80. The van der Waals surface area contributed by atoms with Gasteiger partial charge in [0.25, 0.3) is 5.91 Å². The topological polar surface area (TPSA) is 66.9 Å². The van der Waals surface area contributed by atoms with Crippen molar-refractivity contribution in [2.45, 2.75) is 20.3 Å². The molecule has 2 N–H and O–H groups in total. The molecular formula is C21H21ClN4O. The molecule has 0 atom stereocenters. The van der Waals surface area contributed by atoms with E-state index in [4.69, 9.17) is 11.6 Å². The second kappa shape index (κ2) is 8.64. The SMILES string of the molecule is Cc1ccc(C)c(Nc2cnc(C(=O)NCCc3ccc(Cl)cc3)cn2)c1. The van der Waals surface area contributed by atoms with Crippen LogP contribution < -0.4 is 10.6 Å². The van der Waals surface area contributed by atoms with E-state index in [0.717, 1.165) is 28.8 Å². The predicted molar refractivity (Wildman–Crippen MR) is 109 cm³/mol. The highest BCUT2D eigenvalue weighted by Crippen LogP contribution is 2.20. The number of nitrogens with zero attached hydrogens (tertiary/aromatic N) is 2. The highest BCUT2D eigenvalue weighted by molar-refractivity contribution is 6.30. The van der Waals surface area contributed by atoms with Crippen LogP contribution in [0.15, 0.2) is 54.9 Å². The van der Waals surface area contributed by atoms with Gasteiger partial charge in [-0.2, -0.15) is 0 Å². The van der Waals surface area contributed by atoms with E-state index in [2.05, 4.69) is 26.7 Å². The lowest BCUT2D eigenvalue weighted by atomic mass is 10.1. The Labute approximate surface area is 163 Å². The van der Waals surface area contributed by atoms with Crippen LogP contribution in [0.1, 0.15) is 27.2 Å². The summed E-state index contributed by atoms with van der Waals surface area (Å²) in [5.74, 6) is 0.358. The van der Waals surface area contributed by atoms with E-state index < -0.39 is 0 Å². The van der Waals surface area contributed by atoms with Gasteiger partial charge in [0.05, 0.1) is 12.4 Å². The van der Waals surface area contributed by atoms with Gasteiger partial charge in [-0.1, -0.05) is 35.9 Å². The molecule has 1 aromatic heterocycles. The van der Waals surface area contributed by atoms with Crippen LogP contribution in [0.2, 0.25) is 5.02 Å². The lowest BCUT2D eigenvalue weighted by Gasteiger charge is -2.10. The van der Waals surface area contributed by atoms with Gasteiger partial charge in [0.2, 0.25) is 0 Å². The summed E-state index contributed by atoms with van der Waals surface area (Å²) >= 11 is 5.87. The molecule has 5 nitrogen and oxygen atoms in total. The number of rotatable bonds is 6. The molecule has 3 rings (SSSR count). The Hall–Kier alpha value is -2.92. The number of aryl methyl sites for hydroxylation is 2. The van der Waals surface area contributed by atoms with Gasteiger partial charge in [0, 0.05) is 17.3 Å². The molecule has 1 amide bonds. The maximum Gasteiger partial charge on any atom is 0.271 e. The molecule has 0 aliphatic heterocycles. The van der Waals surface area contributed by atoms with Gasteiger partial charge in [-0.3, -0.25) is 4.79 Å². The second-order valence-electron chi connectivity index (χ2n) is 6.36. The van der Waals surface area contributed by atoms with Gasteiger partial charge in [-0.05, 0) is 55.2 Å². The Morgan fingerprint density at radius 3 is 2.52 bits per heavy atom. The Kier molecular flexibility index (Phi) is 6.04. The van der Waals surface area contributed by atoms with Crippen LogP contribution in [0.3, 0.4) is 0 Å². The highest BCUT2D eigenvalue weighted by atomic mass is 35.5. The summed E-state index contributed by atoms with van der Waals surface area (Å²) in [6.07, 6.45) is 3.77. The van der Waals surface area contributed by atoms with E-state index in [9.17, 15) is 4.79 Å². The van der Waals surface area contributed by atoms with Crippen molar-refractivity contribution in [1.29, 1.82) is 0 Å². The summed E-state index contributed by atoms with van der Waals surface area (Å²) in [5, 5.41) is 6.79. The maximum atomic E-state index is 12.2. The van der Waals surface area contributed by atoms with Crippen LogP contribution in [0, 0.1) is 13.8 Å². The van der Waals surface area contributed by atoms with Crippen LogP contribution in [-0.4, -0.2) is 22.4 Å².